The summed E-state index contributed by atoms with van der Waals surface area (Å²) in [6.45, 7) is 14.5. The number of nitrogens with zero attached hydrogens (tertiary/aromatic N) is 1. The predicted molar refractivity (Wildman–Crippen MR) is 159 cm³/mol. The fraction of sp³-hybridized carbons (Fsp3) is 0.828. The van der Waals surface area contributed by atoms with Gasteiger partial charge in [-0.3, -0.25) is 0 Å². The Labute approximate surface area is 285 Å². The van der Waals surface area contributed by atoms with Crippen LogP contribution >= 0.6 is 0 Å². The Hall–Kier alpha value is -1.85. The normalized spacial score (nSPS) is 15.9. The molecule has 0 saturated heterocycles. The standard InChI is InChI=1S/C29H40F17NO2Si2/c1-11-19(18-14-20(50(8,9)10)47-21(48-7)17(18)6)49-51(15(2)3,16(4)5)13-12-22(30,31)23(32,33)24(34,35)25(36,37)26(38,39)27(40,41)28(42,43)29(44,45)46/h14-16,19H,11-13H2,1-10H3/t19-/m0/s1. The van der Waals surface area contributed by atoms with Crippen LogP contribution < -0.4 is 10.1 Å². The van der Waals surface area contributed by atoms with E-state index in [4.69, 9.17) is 9.16 Å². The highest BCUT2D eigenvalue weighted by atomic mass is 28.4. The number of ether oxygens (including phenoxy) is 1. The summed E-state index contributed by atoms with van der Waals surface area (Å²) < 4.78 is 248. The van der Waals surface area contributed by atoms with E-state index in [1.807, 2.05) is 19.6 Å². The number of alkyl halides is 17. The van der Waals surface area contributed by atoms with Crippen molar-refractivity contribution in [3.05, 3.63) is 17.2 Å². The van der Waals surface area contributed by atoms with Gasteiger partial charge in [0, 0.05) is 17.3 Å². The van der Waals surface area contributed by atoms with E-state index in [0.29, 0.717) is 16.4 Å². The van der Waals surface area contributed by atoms with E-state index in [1.54, 1.807) is 19.9 Å². The molecule has 0 amide bonds. The fourth-order valence-corrected chi connectivity index (χ4v) is 11.1. The molecule has 0 radical (unpaired) electrons. The maximum atomic E-state index is 15.1. The molecule has 0 bridgehead atoms. The van der Waals surface area contributed by atoms with Crippen molar-refractivity contribution >= 4 is 21.7 Å². The van der Waals surface area contributed by atoms with E-state index in [-0.39, 0.29) is 12.3 Å². The third-order valence-electron chi connectivity index (χ3n) is 8.88. The minimum atomic E-state index is -8.66. The molecule has 0 fully saturated rings. The Morgan fingerprint density at radius 2 is 1.06 bits per heavy atom. The molecule has 1 aromatic rings. The second kappa shape index (κ2) is 14.4. The van der Waals surface area contributed by atoms with Gasteiger partial charge in [0.1, 0.15) is 8.07 Å². The van der Waals surface area contributed by atoms with E-state index < -0.39 is 93.7 Å². The molecular formula is C29H40F17NO2Si2. The Balaban J connectivity index is 3.78. The fourth-order valence-electron chi connectivity index (χ4n) is 5.43. The summed E-state index contributed by atoms with van der Waals surface area (Å²) in [5.74, 6) is -56.4. The van der Waals surface area contributed by atoms with Crippen molar-refractivity contribution in [1.82, 2.24) is 4.98 Å². The van der Waals surface area contributed by atoms with Gasteiger partial charge in [0.15, 0.2) is 8.32 Å². The van der Waals surface area contributed by atoms with Crippen LogP contribution in [0.15, 0.2) is 6.07 Å². The summed E-state index contributed by atoms with van der Waals surface area (Å²) >= 11 is 0. The summed E-state index contributed by atoms with van der Waals surface area (Å²) in [7, 11) is -4.89. The lowest BCUT2D eigenvalue weighted by Gasteiger charge is -2.45. The maximum Gasteiger partial charge on any atom is 0.460 e. The smallest absolute Gasteiger partial charge is 0.460 e. The van der Waals surface area contributed by atoms with E-state index in [1.165, 1.54) is 34.8 Å². The van der Waals surface area contributed by atoms with Gasteiger partial charge in [0.2, 0.25) is 5.88 Å². The van der Waals surface area contributed by atoms with Gasteiger partial charge in [0.25, 0.3) is 0 Å². The van der Waals surface area contributed by atoms with Gasteiger partial charge in [-0.1, -0.05) is 54.3 Å². The lowest BCUT2D eigenvalue weighted by molar-refractivity contribution is -0.461. The zero-order valence-electron chi connectivity index (χ0n) is 29.1. The van der Waals surface area contributed by atoms with E-state index in [0.717, 1.165) is 0 Å². The molecule has 0 spiro atoms. The average Bonchev–Trinajstić information content (AvgIpc) is 2.95. The number of halogens is 17. The predicted octanol–water partition coefficient (Wildman–Crippen LogP) is 11.6. The Morgan fingerprint density at radius 1 is 0.667 bits per heavy atom. The topological polar surface area (TPSA) is 31.4 Å². The molecular weight excluding hydrogens is 773 g/mol. The van der Waals surface area contributed by atoms with Gasteiger partial charge in [-0.25, -0.2) is 4.98 Å². The van der Waals surface area contributed by atoms with Gasteiger partial charge in [-0.15, -0.1) is 0 Å². The first-order chi connectivity index (χ1) is 22.3. The molecule has 0 saturated carbocycles. The Morgan fingerprint density at radius 3 is 1.39 bits per heavy atom. The van der Waals surface area contributed by atoms with Crippen molar-refractivity contribution in [2.24, 2.45) is 0 Å². The molecule has 0 aliphatic rings. The summed E-state index contributed by atoms with van der Waals surface area (Å²) in [6, 6.07) is 0.408. The maximum absolute atomic E-state index is 15.1. The summed E-state index contributed by atoms with van der Waals surface area (Å²) in [6.07, 6.45) is -11.2. The summed E-state index contributed by atoms with van der Waals surface area (Å²) in [5, 5.41) is 0.605. The molecule has 1 heterocycles. The molecule has 3 nitrogen and oxygen atoms in total. The van der Waals surface area contributed by atoms with E-state index in [9.17, 15) is 65.9 Å². The SMILES string of the molecule is CC[C@H](O[Si](CCC(F)(F)C(F)(F)C(F)(F)C(F)(F)C(F)(F)C(F)(F)C(F)(F)C(F)(F)F)(C(C)C)C(C)C)c1cc([Si](C)(C)C)nc(OC)c1C. The third-order valence-corrected chi connectivity index (χ3v) is 16.3. The van der Waals surface area contributed by atoms with Crippen LogP contribution in [-0.2, 0) is 4.43 Å². The van der Waals surface area contributed by atoms with E-state index >= 15 is 8.78 Å². The highest BCUT2D eigenvalue weighted by molar-refractivity contribution is 6.88. The molecule has 0 unspecified atom stereocenters. The highest BCUT2D eigenvalue weighted by Gasteiger charge is 2.95. The van der Waals surface area contributed by atoms with Crippen molar-refractivity contribution in [3.8, 4) is 5.88 Å². The highest BCUT2D eigenvalue weighted by Crippen LogP contribution is 2.64. The number of hydrogen-bond donors (Lipinski definition) is 0. The van der Waals surface area contributed by atoms with Crippen LogP contribution in [0.1, 0.15) is 64.7 Å². The van der Waals surface area contributed by atoms with Crippen LogP contribution in [0.2, 0.25) is 36.8 Å². The van der Waals surface area contributed by atoms with Crippen LogP contribution in [0.25, 0.3) is 0 Å². The largest absolute Gasteiger partial charge is 0.481 e. The molecule has 1 atom stereocenters. The molecule has 0 aliphatic heterocycles. The summed E-state index contributed by atoms with van der Waals surface area (Å²) in [4.78, 5) is 4.49. The quantitative estimate of drug-likeness (QED) is 0.116. The van der Waals surface area contributed by atoms with Gasteiger partial charge >= 0.3 is 47.6 Å². The van der Waals surface area contributed by atoms with Crippen LogP contribution in [0.3, 0.4) is 0 Å². The van der Waals surface area contributed by atoms with Crippen LogP contribution in [0.4, 0.5) is 74.6 Å². The van der Waals surface area contributed by atoms with Gasteiger partial charge in [-0.05, 0) is 42.1 Å². The average molecular weight is 814 g/mol. The molecule has 51 heavy (non-hydrogen) atoms. The van der Waals surface area contributed by atoms with Crippen LogP contribution in [0, 0.1) is 6.92 Å². The number of pyridine rings is 1. The van der Waals surface area contributed by atoms with Gasteiger partial charge in [0.05, 0.1) is 13.2 Å². The number of rotatable bonds is 17. The lowest BCUT2D eigenvalue weighted by atomic mass is 9.88. The van der Waals surface area contributed by atoms with Crippen molar-refractivity contribution in [2.45, 2.75) is 145 Å². The van der Waals surface area contributed by atoms with Crippen molar-refractivity contribution < 1.29 is 83.8 Å². The molecule has 1 aromatic heterocycles. The first-order valence-corrected chi connectivity index (χ1v) is 21.1. The number of methoxy groups -OCH3 is 1. The molecule has 22 heteroatoms. The zero-order valence-corrected chi connectivity index (χ0v) is 31.1. The van der Waals surface area contributed by atoms with Gasteiger partial charge < -0.3 is 9.16 Å². The minimum Gasteiger partial charge on any atom is -0.481 e. The zero-order chi connectivity index (χ0) is 41.0. The number of aromatic nitrogens is 1. The minimum absolute atomic E-state index is 0.0933. The lowest BCUT2D eigenvalue weighted by Crippen LogP contribution is -2.74. The van der Waals surface area contributed by atoms with Crippen molar-refractivity contribution in [1.29, 1.82) is 0 Å². The first kappa shape index (κ1) is 47.2. The Bertz CT molecular complexity index is 1350. The van der Waals surface area contributed by atoms with Crippen LogP contribution in [-0.4, -0.2) is 76.1 Å². The summed E-state index contributed by atoms with van der Waals surface area (Å²) in [5.41, 5.74) is -0.798. The second-order valence-electron chi connectivity index (χ2n) is 13.9. The second-order valence-corrected chi connectivity index (χ2v) is 23.9. The molecule has 1 rings (SSSR count). The monoisotopic (exact) mass is 813 g/mol. The first-order valence-electron chi connectivity index (χ1n) is 15.3. The Kier molecular flexibility index (Phi) is 13.3. The third kappa shape index (κ3) is 7.74. The van der Waals surface area contributed by atoms with Crippen LogP contribution in [0.5, 0.6) is 5.88 Å². The van der Waals surface area contributed by atoms with Gasteiger partial charge in [-0.2, -0.15) is 74.6 Å². The molecule has 0 N–H and O–H groups in total. The molecule has 0 aliphatic carbocycles. The molecule has 300 valence electrons. The molecule has 0 aromatic carbocycles. The van der Waals surface area contributed by atoms with Crippen molar-refractivity contribution in [2.75, 3.05) is 7.11 Å². The van der Waals surface area contributed by atoms with Crippen molar-refractivity contribution in [3.63, 3.8) is 0 Å². The number of hydrogen-bond acceptors (Lipinski definition) is 3. The van der Waals surface area contributed by atoms with E-state index in [2.05, 4.69) is 4.98 Å².